The fourth-order valence-corrected chi connectivity index (χ4v) is 4.80. The summed E-state index contributed by atoms with van der Waals surface area (Å²) in [5.74, 6) is 0.615. The number of urea groups is 1. The number of amides is 3. The Labute approximate surface area is 210 Å². The number of carbonyl (C=O) groups excluding carboxylic acids is 2. The number of piperazine rings is 1. The van der Waals surface area contributed by atoms with Crippen molar-refractivity contribution in [2.45, 2.75) is 26.4 Å². The molecule has 3 amide bonds. The van der Waals surface area contributed by atoms with Crippen LogP contribution < -0.4 is 10.1 Å². The Morgan fingerprint density at radius 2 is 1.92 bits per heavy atom. The maximum atomic E-state index is 13.7. The molecule has 0 bridgehead atoms. The third kappa shape index (κ3) is 4.66. The summed E-state index contributed by atoms with van der Waals surface area (Å²) < 4.78 is 12.9. The average Bonchev–Trinajstić information content (AvgIpc) is 3.46. The van der Waals surface area contributed by atoms with E-state index in [4.69, 9.17) is 9.15 Å². The van der Waals surface area contributed by atoms with Crippen LogP contribution in [-0.2, 0) is 6.54 Å². The predicted molar refractivity (Wildman–Crippen MR) is 139 cm³/mol. The number of methoxy groups -OCH3 is 1. The van der Waals surface area contributed by atoms with E-state index in [-0.39, 0.29) is 18.0 Å². The van der Waals surface area contributed by atoms with Gasteiger partial charge in [0.1, 0.15) is 11.4 Å². The second-order valence-corrected chi connectivity index (χ2v) is 9.24. The third-order valence-electron chi connectivity index (χ3n) is 6.64. The molecule has 1 fully saturated rings. The largest absolute Gasteiger partial charge is 0.497 e. The summed E-state index contributed by atoms with van der Waals surface area (Å²) in [6.45, 7) is 5.89. The van der Waals surface area contributed by atoms with Crippen molar-refractivity contribution in [2.24, 2.45) is 0 Å². The number of rotatable bonds is 5. The smallest absolute Gasteiger partial charge is 0.322 e. The quantitative estimate of drug-likeness (QED) is 0.432. The molecule has 1 unspecified atom stereocenters. The van der Waals surface area contributed by atoms with Gasteiger partial charge in [-0.15, -0.1) is 0 Å². The highest BCUT2D eigenvalue weighted by molar-refractivity contribution is 5.98. The number of carbonyl (C=O) groups is 2. The van der Waals surface area contributed by atoms with E-state index in [1.807, 2.05) is 52.8 Å². The Kier molecular flexibility index (Phi) is 6.41. The molecule has 0 aliphatic carbocycles. The number of nitrogens with one attached hydrogen (secondary N) is 1. The zero-order valence-corrected chi connectivity index (χ0v) is 20.7. The van der Waals surface area contributed by atoms with Gasteiger partial charge in [-0.1, -0.05) is 35.9 Å². The summed E-state index contributed by atoms with van der Waals surface area (Å²) in [4.78, 5) is 30.2. The van der Waals surface area contributed by atoms with Crippen molar-refractivity contribution in [1.82, 2.24) is 14.4 Å². The number of aromatic nitrogens is 1. The molecule has 3 heterocycles. The summed E-state index contributed by atoms with van der Waals surface area (Å²) in [5, 5.41) is 3.83. The van der Waals surface area contributed by atoms with Gasteiger partial charge < -0.3 is 28.8 Å². The molecular formula is C28H30N4O4. The summed E-state index contributed by atoms with van der Waals surface area (Å²) >= 11 is 0. The van der Waals surface area contributed by atoms with Gasteiger partial charge in [0, 0.05) is 42.8 Å². The second-order valence-electron chi connectivity index (χ2n) is 9.24. The minimum absolute atomic E-state index is 0.0613. The number of furan rings is 1. The first-order chi connectivity index (χ1) is 17.4. The fraction of sp³-hybridized carbons (Fsp3) is 0.286. The van der Waals surface area contributed by atoms with Gasteiger partial charge in [-0.3, -0.25) is 4.79 Å². The standard InChI is InChI=1S/C28H30N4O4/c1-19-6-4-7-21(14-19)18-32-25(15-22-10-13-36-27(22)32)26(33)30-11-12-31(20(2)17-30)28(34)29-23-8-5-9-24(16-23)35-3/h4-10,13-16,20H,11-12,17-18H2,1-3H3,(H,29,34). The van der Waals surface area contributed by atoms with Crippen LogP contribution in [0.1, 0.15) is 28.5 Å². The number of ether oxygens (including phenoxy) is 1. The molecule has 8 heteroatoms. The van der Waals surface area contributed by atoms with Crippen LogP contribution in [0, 0.1) is 6.92 Å². The molecule has 4 aromatic rings. The van der Waals surface area contributed by atoms with Crippen molar-refractivity contribution in [3.63, 3.8) is 0 Å². The van der Waals surface area contributed by atoms with Gasteiger partial charge in [0.25, 0.3) is 5.91 Å². The monoisotopic (exact) mass is 486 g/mol. The molecule has 2 aromatic carbocycles. The molecule has 2 aromatic heterocycles. The van der Waals surface area contributed by atoms with Crippen molar-refractivity contribution in [3.8, 4) is 5.75 Å². The molecule has 8 nitrogen and oxygen atoms in total. The molecule has 5 rings (SSSR count). The van der Waals surface area contributed by atoms with E-state index in [1.165, 1.54) is 5.56 Å². The Balaban J connectivity index is 1.31. The number of fused-ring (bicyclic) bond motifs is 1. The van der Waals surface area contributed by atoms with Gasteiger partial charge in [-0.05, 0) is 43.7 Å². The fourth-order valence-electron chi connectivity index (χ4n) is 4.80. The Morgan fingerprint density at radius 1 is 1.08 bits per heavy atom. The lowest BCUT2D eigenvalue weighted by Gasteiger charge is -2.39. The Bertz CT molecular complexity index is 1410. The number of nitrogens with zero attached hydrogens (tertiary/aromatic N) is 3. The Morgan fingerprint density at radius 3 is 2.69 bits per heavy atom. The normalized spacial score (nSPS) is 15.8. The zero-order chi connectivity index (χ0) is 25.2. The van der Waals surface area contributed by atoms with Gasteiger partial charge >= 0.3 is 6.03 Å². The summed E-state index contributed by atoms with van der Waals surface area (Å²) in [7, 11) is 1.59. The van der Waals surface area contributed by atoms with Crippen LogP contribution in [0.5, 0.6) is 5.75 Å². The van der Waals surface area contributed by atoms with E-state index in [0.29, 0.717) is 49.0 Å². The molecule has 1 aliphatic heterocycles. The van der Waals surface area contributed by atoms with Gasteiger partial charge in [-0.25, -0.2) is 4.79 Å². The first kappa shape index (κ1) is 23.5. The molecule has 186 valence electrons. The van der Waals surface area contributed by atoms with Gasteiger partial charge in [-0.2, -0.15) is 0 Å². The highest BCUT2D eigenvalue weighted by Gasteiger charge is 2.32. The van der Waals surface area contributed by atoms with Crippen LogP contribution in [0.2, 0.25) is 0 Å². The zero-order valence-electron chi connectivity index (χ0n) is 20.7. The van der Waals surface area contributed by atoms with E-state index < -0.39 is 0 Å². The average molecular weight is 487 g/mol. The third-order valence-corrected chi connectivity index (χ3v) is 6.64. The number of anilines is 1. The lowest BCUT2D eigenvalue weighted by atomic mass is 10.1. The first-order valence-electron chi connectivity index (χ1n) is 12.1. The van der Waals surface area contributed by atoms with Crippen LogP contribution in [0.4, 0.5) is 10.5 Å². The van der Waals surface area contributed by atoms with Crippen LogP contribution in [0.15, 0.2) is 71.3 Å². The first-order valence-corrected chi connectivity index (χ1v) is 12.1. The van der Waals surface area contributed by atoms with Gasteiger partial charge in [0.15, 0.2) is 0 Å². The van der Waals surface area contributed by atoms with E-state index in [9.17, 15) is 9.59 Å². The van der Waals surface area contributed by atoms with Crippen LogP contribution in [-0.4, -0.2) is 59.1 Å². The van der Waals surface area contributed by atoms with Crippen LogP contribution in [0.25, 0.3) is 11.1 Å². The van der Waals surface area contributed by atoms with Crippen LogP contribution in [0.3, 0.4) is 0 Å². The van der Waals surface area contributed by atoms with E-state index in [2.05, 4.69) is 30.4 Å². The summed E-state index contributed by atoms with van der Waals surface area (Å²) in [6, 6.07) is 18.9. The highest BCUT2D eigenvalue weighted by atomic mass is 16.5. The van der Waals surface area contributed by atoms with Crippen molar-refractivity contribution >= 4 is 28.7 Å². The van der Waals surface area contributed by atoms with E-state index in [0.717, 1.165) is 10.9 Å². The van der Waals surface area contributed by atoms with Gasteiger partial charge in [0.2, 0.25) is 5.71 Å². The van der Waals surface area contributed by atoms with Gasteiger partial charge in [0.05, 0.1) is 19.9 Å². The van der Waals surface area contributed by atoms with E-state index in [1.54, 1.807) is 24.3 Å². The highest BCUT2D eigenvalue weighted by Crippen LogP contribution is 2.25. The summed E-state index contributed by atoms with van der Waals surface area (Å²) in [6.07, 6.45) is 1.65. The molecule has 1 N–H and O–H groups in total. The minimum atomic E-state index is -0.191. The minimum Gasteiger partial charge on any atom is -0.497 e. The van der Waals surface area contributed by atoms with Crippen molar-refractivity contribution in [2.75, 3.05) is 32.1 Å². The number of benzene rings is 2. The van der Waals surface area contributed by atoms with Crippen molar-refractivity contribution < 1.29 is 18.7 Å². The predicted octanol–water partition coefficient (Wildman–Crippen LogP) is 4.98. The molecule has 0 saturated carbocycles. The molecule has 36 heavy (non-hydrogen) atoms. The molecular weight excluding hydrogens is 456 g/mol. The maximum absolute atomic E-state index is 13.7. The van der Waals surface area contributed by atoms with E-state index >= 15 is 0 Å². The molecule has 1 saturated heterocycles. The number of hydrogen-bond donors (Lipinski definition) is 1. The lowest BCUT2D eigenvalue weighted by Crippen LogP contribution is -2.56. The number of hydrogen-bond acceptors (Lipinski definition) is 4. The SMILES string of the molecule is COc1cccc(NC(=O)N2CCN(C(=O)c3cc4ccoc4n3Cc3cccc(C)c3)CC2C)c1. The van der Waals surface area contributed by atoms with Crippen molar-refractivity contribution in [1.29, 1.82) is 0 Å². The maximum Gasteiger partial charge on any atom is 0.322 e. The molecule has 0 radical (unpaired) electrons. The molecule has 0 spiro atoms. The topological polar surface area (TPSA) is 80.0 Å². The molecule has 1 aliphatic rings. The summed E-state index contributed by atoms with van der Waals surface area (Å²) in [5.41, 5.74) is 4.21. The second kappa shape index (κ2) is 9.81. The molecule has 1 atom stereocenters. The lowest BCUT2D eigenvalue weighted by molar-refractivity contribution is 0.0582. The van der Waals surface area contributed by atoms with Crippen molar-refractivity contribution in [3.05, 3.63) is 83.7 Å². The Hall–Kier alpha value is -4.20. The number of aryl methyl sites for hydroxylation is 1. The van der Waals surface area contributed by atoms with Crippen LogP contribution >= 0.6 is 0 Å².